The van der Waals surface area contributed by atoms with Crippen molar-refractivity contribution >= 4 is 10.0 Å². The van der Waals surface area contributed by atoms with Gasteiger partial charge in [0.05, 0.1) is 18.2 Å². The molecule has 2 heterocycles. The maximum Gasteiger partial charge on any atom is 0.390 e. The van der Waals surface area contributed by atoms with Crippen LogP contribution in [0.1, 0.15) is 30.9 Å². The van der Waals surface area contributed by atoms with Crippen LogP contribution in [0.4, 0.5) is 13.2 Å². The normalized spacial score (nSPS) is 18.7. The number of aromatic nitrogens is 1. The summed E-state index contributed by atoms with van der Waals surface area (Å²) in [4.78, 5) is 3.97. The molecule has 1 aliphatic heterocycles. The fourth-order valence-corrected chi connectivity index (χ4v) is 3.88. The molecule has 0 spiro atoms. The lowest BCUT2D eigenvalue weighted by Crippen LogP contribution is -2.38. The molecule has 1 aromatic rings. The zero-order valence-corrected chi connectivity index (χ0v) is 13.2. The van der Waals surface area contributed by atoms with Crippen LogP contribution in [-0.4, -0.2) is 38.5 Å². The Kier molecular flexibility index (Phi) is 5.99. The van der Waals surface area contributed by atoms with Gasteiger partial charge in [-0.3, -0.25) is 4.98 Å². The van der Waals surface area contributed by atoms with Gasteiger partial charge in [-0.25, -0.2) is 13.1 Å². The van der Waals surface area contributed by atoms with Gasteiger partial charge in [-0.2, -0.15) is 13.2 Å². The first-order valence-electron chi connectivity index (χ1n) is 7.31. The van der Waals surface area contributed by atoms with Crippen molar-refractivity contribution in [2.45, 2.75) is 31.5 Å². The van der Waals surface area contributed by atoms with Crippen LogP contribution in [0.3, 0.4) is 0 Å². The van der Waals surface area contributed by atoms with Crippen molar-refractivity contribution in [2.75, 3.05) is 19.0 Å². The quantitative estimate of drug-likeness (QED) is 0.854. The molecule has 0 saturated carbocycles. The molecule has 2 rings (SSSR count). The second kappa shape index (κ2) is 7.59. The number of nitrogens with one attached hydrogen (secondary N) is 1. The Labute approximate surface area is 133 Å². The van der Waals surface area contributed by atoms with E-state index in [4.69, 9.17) is 4.74 Å². The molecule has 1 aromatic heterocycles. The number of sulfonamides is 1. The second-order valence-electron chi connectivity index (χ2n) is 5.52. The molecule has 1 saturated heterocycles. The van der Waals surface area contributed by atoms with Crippen molar-refractivity contribution in [3.05, 3.63) is 30.1 Å². The summed E-state index contributed by atoms with van der Waals surface area (Å²) < 4.78 is 68.6. The van der Waals surface area contributed by atoms with Crippen LogP contribution in [0.15, 0.2) is 24.5 Å². The summed E-state index contributed by atoms with van der Waals surface area (Å²) in [7, 11) is -4.05. The molecular formula is C14H19F3N2O3S. The number of rotatable bonds is 6. The van der Waals surface area contributed by atoms with E-state index >= 15 is 0 Å². The number of halogens is 3. The Bertz CT molecular complexity index is 587. The van der Waals surface area contributed by atoms with Crippen molar-refractivity contribution < 1.29 is 26.3 Å². The summed E-state index contributed by atoms with van der Waals surface area (Å²) in [5, 5.41) is 0. The molecule has 1 unspecified atom stereocenters. The standard InChI is InChI=1S/C14H19F3N2O3S/c15-14(16,17)5-9-23(20,21)19-13(11-3-7-22-8-4-11)12-2-1-6-18-10-12/h1-2,6,10-11,13,19H,3-5,7-9H2. The molecule has 130 valence electrons. The van der Waals surface area contributed by atoms with E-state index in [1.807, 2.05) is 0 Å². The zero-order chi connectivity index (χ0) is 16.9. The van der Waals surface area contributed by atoms with E-state index in [2.05, 4.69) is 9.71 Å². The lowest BCUT2D eigenvalue weighted by molar-refractivity contribution is -0.130. The van der Waals surface area contributed by atoms with Crippen LogP contribution < -0.4 is 4.72 Å². The molecule has 23 heavy (non-hydrogen) atoms. The summed E-state index contributed by atoms with van der Waals surface area (Å²) in [5.74, 6) is -1.01. The number of hydrogen-bond donors (Lipinski definition) is 1. The molecule has 0 aliphatic carbocycles. The van der Waals surface area contributed by atoms with Crippen LogP contribution in [-0.2, 0) is 14.8 Å². The Morgan fingerprint density at radius 1 is 1.35 bits per heavy atom. The van der Waals surface area contributed by atoms with Crippen molar-refractivity contribution in [1.82, 2.24) is 9.71 Å². The second-order valence-corrected chi connectivity index (χ2v) is 7.39. The third-order valence-corrected chi connectivity index (χ3v) is 5.10. The molecule has 0 amide bonds. The smallest absolute Gasteiger partial charge is 0.381 e. The van der Waals surface area contributed by atoms with Gasteiger partial charge in [0, 0.05) is 25.6 Å². The number of alkyl halides is 3. The SMILES string of the molecule is O=S(=O)(CCC(F)(F)F)NC(c1cccnc1)C1CCOCC1. The molecule has 9 heteroatoms. The Morgan fingerprint density at radius 2 is 2.04 bits per heavy atom. The minimum atomic E-state index is -4.50. The fraction of sp³-hybridized carbons (Fsp3) is 0.643. The van der Waals surface area contributed by atoms with Crippen molar-refractivity contribution in [3.63, 3.8) is 0 Å². The van der Waals surface area contributed by atoms with Crippen LogP contribution in [0.2, 0.25) is 0 Å². The van der Waals surface area contributed by atoms with E-state index in [1.54, 1.807) is 18.3 Å². The number of pyridine rings is 1. The monoisotopic (exact) mass is 352 g/mol. The molecule has 1 N–H and O–H groups in total. The third-order valence-electron chi connectivity index (χ3n) is 3.74. The first kappa shape index (κ1) is 18.2. The highest BCUT2D eigenvalue weighted by Gasteiger charge is 2.33. The molecule has 1 fully saturated rings. The van der Waals surface area contributed by atoms with Crippen molar-refractivity contribution in [1.29, 1.82) is 0 Å². The summed E-state index contributed by atoms with van der Waals surface area (Å²) in [6.45, 7) is 1.01. The van der Waals surface area contributed by atoms with Crippen molar-refractivity contribution in [2.24, 2.45) is 5.92 Å². The maximum absolute atomic E-state index is 12.3. The van der Waals surface area contributed by atoms with E-state index in [1.165, 1.54) is 6.20 Å². The van der Waals surface area contributed by atoms with E-state index in [0.717, 1.165) is 0 Å². The highest BCUT2D eigenvalue weighted by molar-refractivity contribution is 7.89. The minimum absolute atomic E-state index is 0.0337. The Hall–Kier alpha value is -1.19. The van der Waals surface area contributed by atoms with Gasteiger partial charge in [0.15, 0.2) is 0 Å². The largest absolute Gasteiger partial charge is 0.390 e. The summed E-state index contributed by atoms with van der Waals surface area (Å²) in [6.07, 6.45) is -1.50. The number of hydrogen-bond acceptors (Lipinski definition) is 4. The highest BCUT2D eigenvalue weighted by Crippen LogP contribution is 2.31. The predicted molar refractivity (Wildman–Crippen MR) is 78.1 cm³/mol. The van der Waals surface area contributed by atoms with E-state index in [0.29, 0.717) is 31.6 Å². The summed E-state index contributed by atoms with van der Waals surface area (Å²) in [5.41, 5.74) is 0.648. The number of nitrogens with zero attached hydrogens (tertiary/aromatic N) is 1. The van der Waals surface area contributed by atoms with Gasteiger partial charge < -0.3 is 4.74 Å². The van der Waals surface area contributed by atoms with Gasteiger partial charge >= 0.3 is 6.18 Å². The van der Waals surface area contributed by atoms with Gasteiger partial charge in [0.1, 0.15) is 0 Å². The van der Waals surface area contributed by atoms with Gasteiger partial charge in [0.2, 0.25) is 10.0 Å². The van der Waals surface area contributed by atoms with Crippen LogP contribution in [0.5, 0.6) is 0 Å². The van der Waals surface area contributed by atoms with E-state index in [-0.39, 0.29) is 5.92 Å². The molecule has 0 aromatic carbocycles. The highest BCUT2D eigenvalue weighted by atomic mass is 32.2. The first-order valence-corrected chi connectivity index (χ1v) is 8.96. The summed E-state index contributed by atoms with van der Waals surface area (Å²) >= 11 is 0. The lowest BCUT2D eigenvalue weighted by atomic mass is 9.88. The fourth-order valence-electron chi connectivity index (χ4n) is 2.55. The molecular weight excluding hydrogens is 333 g/mol. The average molecular weight is 352 g/mol. The topological polar surface area (TPSA) is 68.3 Å². The molecule has 0 bridgehead atoms. The molecule has 0 radical (unpaired) electrons. The predicted octanol–water partition coefficient (Wildman–Crippen LogP) is 2.42. The number of ether oxygens (including phenoxy) is 1. The summed E-state index contributed by atoms with van der Waals surface area (Å²) in [6, 6.07) is 2.80. The lowest BCUT2D eigenvalue weighted by Gasteiger charge is -2.31. The van der Waals surface area contributed by atoms with Crippen LogP contribution >= 0.6 is 0 Å². The van der Waals surface area contributed by atoms with Gasteiger partial charge in [0.25, 0.3) is 0 Å². The van der Waals surface area contributed by atoms with E-state index in [9.17, 15) is 21.6 Å². The van der Waals surface area contributed by atoms with E-state index < -0.39 is 34.4 Å². The zero-order valence-electron chi connectivity index (χ0n) is 12.4. The molecule has 1 aliphatic rings. The van der Waals surface area contributed by atoms with Crippen LogP contribution in [0, 0.1) is 5.92 Å². The molecule has 1 atom stereocenters. The minimum Gasteiger partial charge on any atom is -0.381 e. The van der Waals surface area contributed by atoms with Gasteiger partial charge in [-0.1, -0.05) is 6.07 Å². The first-order chi connectivity index (χ1) is 10.8. The third kappa shape index (κ3) is 6.08. The van der Waals surface area contributed by atoms with Crippen LogP contribution in [0.25, 0.3) is 0 Å². The Morgan fingerprint density at radius 3 is 2.61 bits per heavy atom. The Balaban J connectivity index is 2.14. The van der Waals surface area contributed by atoms with Gasteiger partial charge in [-0.05, 0) is 30.4 Å². The maximum atomic E-state index is 12.3. The van der Waals surface area contributed by atoms with Crippen molar-refractivity contribution in [3.8, 4) is 0 Å². The molecule has 5 nitrogen and oxygen atoms in total. The average Bonchev–Trinajstić information content (AvgIpc) is 2.52. The van der Waals surface area contributed by atoms with Gasteiger partial charge in [-0.15, -0.1) is 0 Å².